The van der Waals surface area contributed by atoms with E-state index >= 15 is 0 Å². The fourth-order valence-corrected chi connectivity index (χ4v) is 12.2. The highest BCUT2D eigenvalue weighted by Gasteiger charge is 2.34. The predicted octanol–water partition coefficient (Wildman–Crippen LogP) is 16.9. The van der Waals surface area contributed by atoms with E-state index in [-0.39, 0.29) is 40.2 Å². The first kappa shape index (κ1) is 51.5. The zero-order valence-corrected chi connectivity index (χ0v) is 44.8. The van der Waals surface area contributed by atoms with Crippen molar-refractivity contribution in [1.82, 2.24) is 0 Å². The van der Waals surface area contributed by atoms with Gasteiger partial charge in [0.05, 0.1) is 0 Å². The molecule has 0 saturated heterocycles. The Morgan fingerprint density at radius 3 is 0.843 bits per heavy atom. The number of aromatic hydroxyl groups is 7. The van der Waals surface area contributed by atoms with Crippen LogP contribution in [0.2, 0.25) is 0 Å². The van der Waals surface area contributed by atoms with Crippen molar-refractivity contribution in [3.8, 4) is 84.8 Å². The second kappa shape index (κ2) is 21.6. The van der Waals surface area contributed by atoms with E-state index in [0.29, 0.717) is 61.2 Å². The second-order valence-corrected chi connectivity index (χ2v) is 21.3. The number of fused-ring (bicyclic) bond motifs is 8. The van der Waals surface area contributed by atoms with Gasteiger partial charge >= 0.3 is 0 Å². The maximum atomic E-state index is 12.4. The first-order valence-corrected chi connectivity index (χ1v) is 27.5. The first-order chi connectivity index (χ1) is 40.5. The van der Waals surface area contributed by atoms with Gasteiger partial charge in [0.25, 0.3) is 0 Å². The molecule has 12 aromatic carbocycles. The normalized spacial score (nSPS) is 15.5. The van der Waals surface area contributed by atoms with Gasteiger partial charge in [-0.25, -0.2) is 0 Å². The van der Waals surface area contributed by atoms with Gasteiger partial charge < -0.3 is 35.7 Å². The van der Waals surface area contributed by atoms with Crippen molar-refractivity contribution in [2.45, 2.75) is 23.7 Å². The molecule has 0 amide bonds. The van der Waals surface area contributed by atoms with Gasteiger partial charge in [-0.15, -0.1) is 0 Å². The first-order valence-electron chi connectivity index (χ1n) is 27.5. The van der Waals surface area contributed by atoms with Gasteiger partial charge in [-0.2, -0.15) is 0 Å². The molecule has 13 rings (SSSR count). The Morgan fingerprint density at radius 1 is 0.217 bits per heavy atom. The van der Waals surface area contributed by atoms with Crippen LogP contribution in [0.15, 0.2) is 261 Å². The summed E-state index contributed by atoms with van der Waals surface area (Å²) in [4.78, 5) is 0. The molecule has 0 spiro atoms. The van der Waals surface area contributed by atoms with E-state index in [9.17, 15) is 35.7 Å². The summed E-state index contributed by atoms with van der Waals surface area (Å²) in [5, 5.41) is 87.1. The van der Waals surface area contributed by atoms with Crippen LogP contribution in [0.5, 0.6) is 40.2 Å². The van der Waals surface area contributed by atoms with Crippen molar-refractivity contribution in [1.29, 1.82) is 0 Å². The minimum atomic E-state index is -0.976. The standard InChI is InChI=1S/C76H54O7/c77-66-38-37-58-39-59(66)74(55-31-23-51(24-32-55)47-15-7-2-8-16-47)62-41-63(70(81)44-69(62)80)76(57-35-27-53(28-36-57)49-19-11-4-12-20-49)65-42-64(71(82)45-72(65)83)75(56-33-25-52(26-34-56)48-17-9-3-10-18-48)61-40-60(67(78)43-68(61)79)73(58)54-29-21-50(22-30-54)46-13-5-1-6-14-46/h1-11,13-19,21-45,73-83H. The summed E-state index contributed by atoms with van der Waals surface area (Å²) in [7, 11) is 0. The average Bonchev–Trinajstić information content (AvgIpc) is 3.70. The molecule has 7 N–H and O–H groups in total. The average molecular weight is 1080 g/mol. The molecule has 4 unspecified atom stereocenters. The van der Waals surface area contributed by atoms with Crippen LogP contribution >= 0.6 is 0 Å². The Hall–Kier alpha value is -10.9. The Balaban J connectivity index is 1.11. The SMILES string of the molecule is Oc1cc(O)c2cc1C(c1ccc(-c3ccccc3)cc1)c1ccc(O)c(c1)C(c1ccc(-c3ccccc3)cc1)c1cc(c(O)cc1O)C(c1ccc(-c3c#cccc3)cc1)c1cc(c(O)cc1O)C2c1ccc(-c2ccccc2)cc1. The third kappa shape index (κ3) is 9.79. The summed E-state index contributed by atoms with van der Waals surface area (Å²) in [6, 6.07) is 88.0. The molecule has 0 aromatic heterocycles. The van der Waals surface area contributed by atoms with Crippen LogP contribution in [-0.2, 0) is 0 Å². The summed E-state index contributed by atoms with van der Waals surface area (Å²) < 4.78 is 0. The van der Waals surface area contributed by atoms with Gasteiger partial charge in [-0.05, 0) is 103 Å². The van der Waals surface area contributed by atoms with Crippen LogP contribution in [0.1, 0.15) is 90.4 Å². The van der Waals surface area contributed by atoms with Gasteiger partial charge in [0.1, 0.15) is 40.2 Å². The second-order valence-electron chi connectivity index (χ2n) is 21.3. The molecule has 1 aliphatic rings. The molecule has 0 saturated carbocycles. The number of rotatable bonds is 8. The minimum absolute atomic E-state index is 0.0724. The van der Waals surface area contributed by atoms with Crippen molar-refractivity contribution < 1.29 is 35.7 Å². The summed E-state index contributed by atoms with van der Waals surface area (Å²) >= 11 is 0. The molecular formula is C76H54O7. The van der Waals surface area contributed by atoms with E-state index in [2.05, 4.69) is 12.1 Å². The van der Waals surface area contributed by atoms with E-state index in [4.69, 9.17) is 0 Å². The summed E-state index contributed by atoms with van der Waals surface area (Å²) in [5.41, 5.74) is 13.4. The maximum Gasteiger partial charge on any atom is 0.123 e. The molecule has 0 aliphatic heterocycles. The van der Waals surface area contributed by atoms with Crippen molar-refractivity contribution in [2.24, 2.45) is 0 Å². The van der Waals surface area contributed by atoms with Gasteiger partial charge in [0.15, 0.2) is 0 Å². The number of phenolic OH excluding ortho intramolecular Hbond substituents is 7. The van der Waals surface area contributed by atoms with E-state index in [1.165, 1.54) is 18.2 Å². The van der Waals surface area contributed by atoms with E-state index < -0.39 is 23.7 Å². The van der Waals surface area contributed by atoms with Crippen LogP contribution in [0.4, 0.5) is 0 Å². The van der Waals surface area contributed by atoms with Crippen LogP contribution in [0.3, 0.4) is 0 Å². The predicted molar refractivity (Wildman–Crippen MR) is 326 cm³/mol. The molecule has 0 fully saturated rings. The summed E-state index contributed by atoms with van der Waals surface area (Å²) in [5.74, 6) is -5.15. The highest BCUT2D eigenvalue weighted by atomic mass is 16.3. The minimum Gasteiger partial charge on any atom is -0.508 e. The molecule has 7 nitrogen and oxygen atoms in total. The van der Waals surface area contributed by atoms with Gasteiger partial charge in [0, 0.05) is 86.4 Å². The summed E-state index contributed by atoms with van der Waals surface area (Å²) in [6.45, 7) is 0. The third-order valence-corrected chi connectivity index (χ3v) is 16.3. The van der Waals surface area contributed by atoms with Crippen LogP contribution in [0.25, 0.3) is 44.5 Å². The lowest BCUT2D eigenvalue weighted by molar-refractivity contribution is 0.433. The van der Waals surface area contributed by atoms with Crippen molar-refractivity contribution in [3.05, 3.63) is 340 Å². The lowest BCUT2D eigenvalue weighted by Gasteiger charge is -2.29. The number of hydrogen-bond acceptors (Lipinski definition) is 7. The molecule has 0 heterocycles. The van der Waals surface area contributed by atoms with Crippen LogP contribution < -0.4 is 0 Å². The third-order valence-electron chi connectivity index (χ3n) is 16.3. The highest BCUT2D eigenvalue weighted by molar-refractivity contribution is 5.71. The Morgan fingerprint density at radius 2 is 0.506 bits per heavy atom. The topological polar surface area (TPSA) is 142 Å². The zero-order chi connectivity index (χ0) is 56.7. The molecule has 1 aliphatic carbocycles. The lowest BCUT2D eigenvalue weighted by Crippen LogP contribution is -2.13. The lowest BCUT2D eigenvalue weighted by atomic mass is 9.75. The Bertz CT molecular complexity index is 4300. The van der Waals surface area contributed by atoms with E-state index in [0.717, 1.165) is 50.1 Å². The number of phenols is 7. The van der Waals surface area contributed by atoms with E-state index in [1.54, 1.807) is 30.3 Å². The fraction of sp³-hybridized carbons (Fsp3) is 0.0526. The van der Waals surface area contributed by atoms with Crippen molar-refractivity contribution in [3.63, 3.8) is 0 Å². The van der Waals surface area contributed by atoms with Crippen LogP contribution in [-0.4, -0.2) is 35.7 Å². The fourth-order valence-electron chi connectivity index (χ4n) is 12.2. The van der Waals surface area contributed by atoms with E-state index in [1.807, 2.05) is 212 Å². The molecule has 12 aromatic rings. The molecule has 7 heteroatoms. The largest absolute Gasteiger partial charge is 0.508 e. The van der Waals surface area contributed by atoms with Gasteiger partial charge in [0.2, 0.25) is 0 Å². The zero-order valence-electron chi connectivity index (χ0n) is 44.8. The Kier molecular flexibility index (Phi) is 13.4. The molecule has 8 bridgehead atoms. The van der Waals surface area contributed by atoms with Gasteiger partial charge in [-0.1, -0.05) is 218 Å². The molecular weight excluding hydrogens is 1020 g/mol. The maximum absolute atomic E-state index is 12.4. The summed E-state index contributed by atoms with van der Waals surface area (Å²) in [6.07, 6.45) is 0. The quantitative estimate of drug-likeness (QED) is 0.0803. The monoisotopic (exact) mass is 1080 g/mol. The molecule has 4 atom stereocenters. The Labute approximate surface area is 481 Å². The van der Waals surface area contributed by atoms with Crippen LogP contribution in [0, 0.1) is 12.1 Å². The number of benzene rings is 11. The highest BCUT2D eigenvalue weighted by Crippen LogP contribution is 2.53. The van der Waals surface area contributed by atoms with Gasteiger partial charge in [-0.3, -0.25) is 0 Å². The molecule has 400 valence electrons. The molecule has 0 radical (unpaired) electrons. The van der Waals surface area contributed by atoms with Crippen molar-refractivity contribution >= 4 is 0 Å². The van der Waals surface area contributed by atoms with Crippen molar-refractivity contribution in [2.75, 3.05) is 0 Å². The number of hydrogen-bond donors (Lipinski definition) is 7. The molecule has 83 heavy (non-hydrogen) atoms. The smallest absolute Gasteiger partial charge is 0.123 e.